The maximum atomic E-state index is 14.2. The lowest BCUT2D eigenvalue weighted by Crippen LogP contribution is -2.56. The molecule has 8 nitrogen and oxygen atoms in total. The average molecular weight is 501 g/mol. The molecule has 4 aliphatic heterocycles. The third kappa shape index (κ3) is 3.61. The van der Waals surface area contributed by atoms with Crippen molar-refractivity contribution in [1.29, 1.82) is 0 Å². The second kappa shape index (κ2) is 9.08. The monoisotopic (exact) mass is 500 g/mol. The molecule has 1 N–H and O–H groups in total. The standard InChI is InChI=1S/C26H29ClN2O6/c1-2-25-11-3-4-16-34-24(33)20(25)19-22(31)29(14-6-15-30)21-23(32)28(13-5-12-26(19,21)35-25)18-9-7-17(27)8-10-18/h3,5,7-12,19-21,30H,2,4,6,13-16H2,1H3/t19-,20+,21?,25-,26-/m0/s1. The molecule has 186 valence electrons. The molecule has 1 unspecified atom stereocenters. The molecule has 2 amide bonds. The third-order valence-electron chi connectivity index (χ3n) is 7.60. The Morgan fingerprint density at radius 2 is 1.86 bits per heavy atom. The van der Waals surface area contributed by atoms with Gasteiger partial charge in [0.1, 0.15) is 23.2 Å². The van der Waals surface area contributed by atoms with Gasteiger partial charge in [0, 0.05) is 30.4 Å². The molecule has 4 aliphatic rings. The molecule has 1 aromatic rings. The van der Waals surface area contributed by atoms with E-state index in [0.717, 1.165) is 0 Å². The van der Waals surface area contributed by atoms with Gasteiger partial charge < -0.3 is 24.4 Å². The SMILES string of the molecule is CC[C@]12C=CCCOC(=O)[C@H]1[C@H]1C(=O)N(CCCO)C3C(=O)N(c4ccc(Cl)cc4)CC=C[C@@]31O2. The maximum Gasteiger partial charge on any atom is 0.313 e. The highest BCUT2D eigenvalue weighted by Crippen LogP contribution is 2.58. The topological polar surface area (TPSA) is 96.4 Å². The van der Waals surface area contributed by atoms with E-state index < -0.39 is 35.0 Å². The number of hydrogen-bond acceptors (Lipinski definition) is 6. The van der Waals surface area contributed by atoms with Crippen LogP contribution in [0.25, 0.3) is 0 Å². The molecule has 5 rings (SSSR count). The normalized spacial score (nSPS) is 34.1. The van der Waals surface area contributed by atoms with Gasteiger partial charge in [0.25, 0.3) is 5.91 Å². The van der Waals surface area contributed by atoms with Crippen LogP contribution in [0.1, 0.15) is 26.2 Å². The fourth-order valence-corrected chi connectivity index (χ4v) is 6.19. The Bertz CT molecular complexity index is 1090. The highest BCUT2D eigenvalue weighted by molar-refractivity contribution is 6.30. The zero-order valence-corrected chi connectivity index (χ0v) is 20.3. The molecule has 0 saturated carbocycles. The van der Waals surface area contributed by atoms with Gasteiger partial charge in [-0.3, -0.25) is 14.4 Å². The number of rotatable bonds is 5. The van der Waals surface area contributed by atoms with Gasteiger partial charge in [-0.25, -0.2) is 0 Å². The number of aliphatic hydroxyl groups is 1. The smallest absolute Gasteiger partial charge is 0.313 e. The predicted octanol–water partition coefficient (Wildman–Crippen LogP) is 2.49. The summed E-state index contributed by atoms with van der Waals surface area (Å²) in [4.78, 5) is 44.5. The van der Waals surface area contributed by atoms with E-state index in [1.165, 1.54) is 4.90 Å². The van der Waals surface area contributed by atoms with Crippen LogP contribution in [0.3, 0.4) is 0 Å². The van der Waals surface area contributed by atoms with Crippen LogP contribution in [0.2, 0.25) is 5.02 Å². The summed E-state index contributed by atoms with van der Waals surface area (Å²) in [5.41, 5.74) is -1.74. The summed E-state index contributed by atoms with van der Waals surface area (Å²) in [5.74, 6) is -2.90. The predicted molar refractivity (Wildman–Crippen MR) is 129 cm³/mol. The van der Waals surface area contributed by atoms with Crippen molar-refractivity contribution in [3.05, 3.63) is 53.6 Å². The first-order valence-corrected chi connectivity index (χ1v) is 12.5. The van der Waals surface area contributed by atoms with E-state index in [9.17, 15) is 19.5 Å². The number of hydrogen-bond donors (Lipinski definition) is 1. The minimum absolute atomic E-state index is 0.132. The number of fused-ring (bicyclic) bond motifs is 2. The van der Waals surface area contributed by atoms with Crippen molar-refractivity contribution in [2.75, 3.05) is 31.2 Å². The Kier molecular flexibility index (Phi) is 6.23. The molecule has 1 spiro atoms. The average Bonchev–Trinajstić information content (AvgIpc) is 3.19. The first-order chi connectivity index (χ1) is 16.9. The number of esters is 1. The van der Waals surface area contributed by atoms with Gasteiger partial charge in [-0.1, -0.05) is 42.8 Å². The lowest BCUT2D eigenvalue weighted by Gasteiger charge is -2.38. The van der Waals surface area contributed by atoms with Gasteiger partial charge in [-0.15, -0.1) is 0 Å². The highest BCUT2D eigenvalue weighted by atomic mass is 35.5. The molecular formula is C26H29ClN2O6. The number of amides is 2. The maximum absolute atomic E-state index is 14.2. The largest absolute Gasteiger partial charge is 0.465 e. The van der Waals surface area contributed by atoms with E-state index in [1.54, 1.807) is 35.2 Å². The Balaban J connectivity index is 1.65. The zero-order valence-electron chi connectivity index (χ0n) is 19.6. The fourth-order valence-electron chi connectivity index (χ4n) is 6.06. The van der Waals surface area contributed by atoms with E-state index >= 15 is 0 Å². The molecule has 9 heteroatoms. The van der Waals surface area contributed by atoms with E-state index in [2.05, 4.69) is 0 Å². The number of benzene rings is 1. The minimum Gasteiger partial charge on any atom is -0.465 e. The summed E-state index contributed by atoms with van der Waals surface area (Å²) >= 11 is 6.06. The quantitative estimate of drug-likeness (QED) is 0.493. The number of cyclic esters (lactones) is 1. The molecule has 0 radical (unpaired) electrons. The lowest BCUT2D eigenvalue weighted by atomic mass is 9.73. The molecule has 5 atom stereocenters. The van der Waals surface area contributed by atoms with Crippen LogP contribution in [0.4, 0.5) is 5.69 Å². The summed E-state index contributed by atoms with van der Waals surface area (Å²) in [6.07, 6.45) is 8.74. The number of carbonyl (C=O) groups is 3. The van der Waals surface area contributed by atoms with E-state index in [4.69, 9.17) is 21.1 Å². The van der Waals surface area contributed by atoms with Crippen molar-refractivity contribution in [1.82, 2.24) is 4.90 Å². The first-order valence-electron chi connectivity index (χ1n) is 12.1. The molecule has 0 aliphatic carbocycles. The molecule has 0 bridgehead atoms. The summed E-state index contributed by atoms with van der Waals surface area (Å²) in [6, 6.07) is 5.95. The van der Waals surface area contributed by atoms with E-state index in [-0.39, 0.29) is 38.1 Å². The summed E-state index contributed by atoms with van der Waals surface area (Å²) in [5, 5.41) is 10.0. The Morgan fingerprint density at radius 3 is 2.57 bits per heavy atom. The number of anilines is 1. The van der Waals surface area contributed by atoms with Crippen LogP contribution in [-0.2, 0) is 23.9 Å². The second-order valence-corrected chi connectivity index (χ2v) is 9.85. The number of nitrogens with zero attached hydrogens (tertiary/aromatic N) is 2. The van der Waals surface area contributed by atoms with Crippen molar-refractivity contribution >= 4 is 35.1 Å². The van der Waals surface area contributed by atoms with Crippen LogP contribution in [0.15, 0.2) is 48.6 Å². The first kappa shape index (κ1) is 24.0. The van der Waals surface area contributed by atoms with Gasteiger partial charge in [0.2, 0.25) is 5.91 Å². The third-order valence-corrected chi connectivity index (χ3v) is 7.85. The van der Waals surface area contributed by atoms with Crippen LogP contribution in [-0.4, -0.2) is 71.3 Å². The van der Waals surface area contributed by atoms with Crippen molar-refractivity contribution in [2.45, 2.75) is 43.4 Å². The molecule has 1 aromatic carbocycles. The van der Waals surface area contributed by atoms with Gasteiger partial charge in [-0.2, -0.15) is 0 Å². The molecular weight excluding hydrogens is 472 g/mol. The number of ether oxygens (including phenoxy) is 2. The highest BCUT2D eigenvalue weighted by Gasteiger charge is 2.75. The molecule has 2 fully saturated rings. The van der Waals surface area contributed by atoms with E-state index in [1.807, 2.05) is 25.2 Å². The number of aliphatic hydroxyl groups excluding tert-OH is 1. The zero-order chi connectivity index (χ0) is 24.8. The van der Waals surface area contributed by atoms with Crippen molar-refractivity contribution in [3.63, 3.8) is 0 Å². The Labute approximate surface area is 209 Å². The van der Waals surface area contributed by atoms with Gasteiger partial charge >= 0.3 is 5.97 Å². The van der Waals surface area contributed by atoms with Crippen LogP contribution in [0.5, 0.6) is 0 Å². The molecule has 4 heterocycles. The minimum atomic E-state index is -1.33. The summed E-state index contributed by atoms with van der Waals surface area (Å²) in [6.45, 7) is 2.46. The van der Waals surface area contributed by atoms with Gasteiger partial charge in [-0.05, 0) is 43.5 Å². The Hall–Kier alpha value is -2.68. The lowest BCUT2D eigenvalue weighted by molar-refractivity contribution is -0.160. The number of carbonyl (C=O) groups excluding carboxylic acids is 3. The van der Waals surface area contributed by atoms with Crippen molar-refractivity contribution < 1.29 is 29.0 Å². The van der Waals surface area contributed by atoms with Gasteiger partial charge in [0.05, 0.1) is 12.5 Å². The molecule has 2 saturated heterocycles. The van der Waals surface area contributed by atoms with Crippen LogP contribution in [0, 0.1) is 11.8 Å². The Morgan fingerprint density at radius 1 is 1.09 bits per heavy atom. The number of likely N-dealkylation sites (tertiary alicyclic amines) is 1. The van der Waals surface area contributed by atoms with Crippen LogP contribution < -0.4 is 4.90 Å². The molecule has 35 heavy (non-hydrogen) atoms. The van der Waals surface area contributed by atoms with Crippen molar-refractivity contribution in [3.8, 4) is 0 Å². The van der Waals surface area contributed by atoms with Crippen LogP contribution >= 0.6 is 11.6 Å². The summed E-state index contributed by atoms with van der Waals surface area (Å²) < 4.78 is 12.3. The number of halogens is 1. The van der Waals surface area contributed by atoms with Crippen molar-refractivity contribution in [2.24, 2.45) is 11.8 Å². The summed E-state index contributed by atoms with van der Waals surface area (Å²) in [7, 11) is 0. The second-order valence-electron chi connectivity index (χ2n) is 9.42. The molecule has 0 aromatic heterocycles. The van der Waals surface area contributed by atoms with Gasteiger partial charge in [0.15, 0.2) is 0 Å². The van der Waals surface area contributed by atoms with E-state index in [0.29, 0.717) is 30.0 Å². The fraction of sp³-hybridized carbons (Fsp3) is 0.500.